The molecular formula is C16H11F4N3OS. The number of aromatic nitrogens is 3. The Bertz CT molecular complexity index is 1000. The minimum atomic E-state index is -4.35. The molecule has 0 fully saturated rings. The lowest BCUT2D eigenvalue weighted by Gasteiger charge is -2.13. The molecule has 25 heavy (non-hydrogen) atoms. The zero-order valence-electron chi connectivity index (χ0n) is 12.8. The van der Waals surface area contributed by atoms with Gasteiger partial charge in [0, 0.05) is 11.1 Å². The Labute approximate surface area is 143 Å². The molecule has 9 heteroatoms. The highest BCUT2D eigenvalue weighted by molar-refractivity contribution is 7.99. The number of thioether (sulfide) groups is 1. The van der Waals surface area contributed by atoms with Crippen LogP contribution in [0.25, 0.3) is 16.7 Å². The van der Waals surface area contributed by atoms with Gasteiger partial charge in [0.05, 0.1) is 16.8 Å². The average Bonchev–Trinajstić information content (AvgIpc) is 2.54. The molecule has 0 unspecified atom stereocenters. The molecule has 3 aromatic rings. The van der Waals surface area contributed by atoms with E-state index >= 15 is 0 Å². The average molecular weight is 369 g/mol. The van der Waals surface area contributed by atoms with E-state index < -0.39 is 23.3 Å². The summed E-state index contributed by atoms with van der Waals surface area (Å²) in [6, 6.07) is 5.38. The molecule has 2 heterocycles. The Hall–Kier alpha value is -2.42. The number of pyridine rings is 1. The van der Waals surface area contributed by atoms with E-state index in [0.717, 1.165) is 17.0 Å². The first kappa shape index (κ1) is 17.4. The maximum Gasteiger partial charge on any atom is 0.398 e. The first-order valence-corrected chi connectivity index (χ1v) is 8.07. The summed E-state index contributed by atoms with van der Waals surface area (Å²) in [7, 11) is 0. The summed E-state index contributed by atoms with van der Waals surface area (Å²) in [5.41, 5.74) is -0.131. The number of alkyl halides is 3. The van der Waals surface area contributed by atoms with Crippen molar-refractivity contribution in [2.45, 2.75) is 18.0 Å². The first-order valence-electron chi connectivity index (χ1n) is 7.09. The molecule has 0 aliphatic rings. The zero-order valence-corrected chi connectivity index (χ0v) is 13.7. The van der Waals surface area contributed by atoms with Crippen molar-refractivity contribution in [2.24, 2.45) is 0 Å². The van der Waals surface area contributed by atoms with Crippen molar-refractivity contribution in [3.05, 3.63) is 58.5 Å². The van der Waals surface area contributed by atoms with Gasteiger partial charge >= 0.3 is 6.18 Å². The second kappa shape index (κ2) is 6.47. The molecule has 3 rings (SSSR count). The molecule has 0 bridgehead atoms. The highest BCUT2D eigenvalue weighted by Gasteiger charge is 2.28. The molecule has 4 nitrogen and oxygen atoms in total. The smallest absolute Gasteiger partial charge is 0.268 e. The normalized spacial score (nSPS) is 11.9. The number of aryl methyl sites for hydroxylation is 1. The molecule has 0 saturated carbocycles. The lowest BCUT2D eigenvalue weighted by Crippen LogP contribution is -2.20. The van der Waals surface area contributed by atoms with Crippen molar-refractivity contribution in [3.8, 4) is 5.69 Å². The number of hydrogen-bond donors (Lipinski definition) is 0. The van der Waals surface area contributed by atoms with Crippen LogP contribution in [0.5, 0.6) is 0 Å². The molecule has 0 N–H and O–H groups in total. The van der Waals surface area contributed by atoms with Crippen molar-refractivity contribution >= 4 is 22.8 Å². The predicted molar refractivity (Wildman–Crippen MR) is 86.6 cm³/mol. The summed E-state index contributed by atoms with van der Waals surface area (Å²) >= 11 is 0.541. The Morgan fingerprint density at radius 2 is 2.00 bits per heavy atom. The lowest BCUT2D eigenvalue weighted by atomic mass is 10.2. The van der Waals surface area contributed by atoms with E-state index in [0.29, 0.717) is 17.3 Å². The fourth-order valence-corrected chi connectivity index (χ4v) is 3.08. The fourth-order valence-electron chi connectivity index (χ4n) is 2.27. The number of hydrogen-bond acceptors (Lipinski definition) is 4. The zero-order chi connectivity index (χ0) is 18.2. The van der Waals surface area contributed by atoms with Crippen molar-refractivity contribution in [1.82, 2.24) is 14.5 Å². The SMILES string of the molecule is Cc1cc(F)c(-n2cnc3ncccc3c2=O)cc1SCC(F)(F)F. The van der Waals surface area contributed by atoms with Crippen molar-refractivity contribution in [1.29, 1.82) is 0 Å². The number of rotatable bonds is 3. The van der Waals surface area contributed by atoms with Gasteiger partial charge in [-0.3, -0.25) is 9.36 Å². The Morgan fingerprint density at radius 3 is 2.72 bits per heavy atom. The van der Waals surface area contributed by atoms with Crippen LogP contribution in [0.3, 0.4) is 0 Å². The highest BCUT2D eigenvalue weighted by atomic mass is 32.2. The van der Waals surface area contributed by atoms with Crippen LogP contribution in [0.15, 0.2) is 46.5 Å². The van der Waals surface area contributed by atoms with E-state index in [1.54, 1.807) is 6.07 Å². The maximum absolute atomic E-state index is 14.3. The van der Waals surface area contributed by atoms with Crippen molar-refractivity contribution in [3.63, 3.8) is 0 Å². The Balaban J connectivity index is 2.11. The van der Waals surface area contributed by atoms with Gasteiger partial charge < -0.3 is 0 Å². The molecule has 0 aliphatic heterocycles. The minimum absolute atomic E-state index is 0.154. The number of nitrogens with zero attached hydrogens (tertiary/aromatic N) is 3. The van der Waals surface area contributed by atoms with E-state index in [-0.39, 0.29) is 21.6 Å². The van der Waals surface area contributed by atoms with E-state index in [9.17, 15) is 22.4 Å². The summed E-state index contributed by atoms with van der Waals surface area (Å²) in [6.07, 6.45) is -1.76. The van der Waals surface area contributed by atoms with Crippen LogP contribution in [0.4, 0.5) is 17.6 Å². The van der Waals surface area contributed by atoms with Gasteiger partial charge in [-0.25, -0.2) is 14.4 Å². The number of halogens is 4. The maximum atomic E-state index is 14.3. The lowest BCUT2D eigenvalue weighted by molar-refractivity contribution is -0.105. The van der Waals surface area contributed by atoms with E-state index in [1.165, 1.54) is 25.3 Å². The van der Waals surface area contributed by atoms with Crippen LogP contribution in [0.2, 0.25) is 0 Å². The topological polar surface area (TPSA) is 47.8 Å². The second-order valence-electron chi connectivity index (χ2n) is 5.27. The first-order chi connectivity index (χ1) is 11.8. The standard InChI is InChI=1S/C16H11F4N3OS/c1-9-5-11(17)12(6-13(9)25-7-16(18,19)20)23-8-22-14-10(15(23)24)3-2-4-21-14/h2-6,8H,7H2,1H3. The van der Waals surface area contributed by atoms with Gasteiger partial charge in [-0.2, -0.15) is 13.2 Å². The third kappa shape index (κ3) is 3.65. The van der Waals surface area contributed by atoms with Crippen LogP contribution in [-0.2, 0) is 0 Å². The molecule has 130 valence electrons. The van der Waals surface area contributed by atoms with E-state index in [4.69, 9.17) is 0 Å². The second-order valence-corrected chi connectivity index (χ2v) is 6.28. The monoisotopic (exact) mass is 369 g/mol. The number of fused-ring (bicyclic) bond motifs is 1. The van der Waals surface area contributed by atoms with Gasteiger partial charge in [0.15, 0.2) is 5.65 Å². The third-order valence-corrected chi connectivity index (χ3v) is 4.65. The fraction of sp³-hybridized carbons (Fsp3) is 0.188. The largest absolute Gasteiger partial charge is 0.398 e. The quantitative estimate of drug-likeness (QED) is 0.519. The molecule has 0 atom stereocenters. The van der Waals surface area contributed by atoms with E-state index in [2.05, 4.69) is 9.97 Å². The van der Waals surface area contributed by atoms with Crippen molar-refractivity contribution < 1.29 is 17.6 Å². The summed E-state index contributed by atoms with van der Waals surface area (Å²) in [4.78, 5) is 20.7. The van der Waals surface area contributed by atoms with Gasteiger partial charge in [-0.15, -0.1) is 11.8 Å². The van der Waals surface area contributed by atoms with Gasteiger partial charge in [0.25, 0.3) is 5.56 Å². The van der Waals surface area contributed by atoms with Crippen LogP contribution >= 0.6 is 11.8 Å². The van der Waals surface area contributed by atoms with Gasteiger partial charge in [-0.05, 0) is 36.8 Å². The Morgan fingerprint density at radius 1 is 1.24 bits per heavy atom. The predicted octanol–water partition coefficient (Wildman–Crippen LogP) is 3.88. The molecule has 1 aromatic carbocycles. The summed E-state index contributed by atoms with van der Waals surface area (Å²) in [5.74, 6) is -1.82. The van der Waals surface area contributed by atoms with Crippen molar-refractivity contribution in [2.75, 3.05) is 5.75 Å². The molecule has 2 aromatic heterocycles. The highest BCUT2D eigenvalue weighted by Crippen LogP contribution is 2.31. The van der Waals surface area contributed by atoms with Crippen LogP contribution in [0.1, 0.15) is 5.56 Å². The molecule has 0 radical (unpaired) electrons. The molecule has 0 spiro atoms. The molecule has 0 aliphatic carbocycles. The van der Waals surface area contributed by atoms with E-state index in [1.807, 2.05) is 0 Å². The van der Waals surface area contributed by atoms with Gasteiger partial charge in [0.2, 0.25) is 0 Å². The molecular weight excluding hydrogens is 358 g/mol. The van der Waals surface area contributed by atoms with Crippen LogP contribution in [-0.4, -0.2) is 26.5 Å². The van der Waals surface area contributed by atoms with Crippen LogP contribution < -0.4 is 5.56 Å². The van der Waals surface area contributed by atoms with Gasteiger partial charge in [0.1, 0.15) is 12.1 Å². The van der Waals surface area contributed by atoms with Crippen LogP contribution in [0, 0.1) is 12.7 Å². The minimum Gasteiger partial charge on any atom is -0.268 e. The molecule has 0 saturated heterocycles. The third-order valence-electron chi connectivity index (χ3n) is 3.43. The summed E-state index contributed by atoms with van der Waals surface area (Å²) in [6.45, 7) is 1.51. The van der Waals surface area contributed by atoms with Gasteiger partial charge in [-0.1, -0.05) is 0 Å². The molecule has 0 amide bonds. The summed E-state index contributed by atoms with van der Waals surface area (Å²) in [5, 5.41) is 0.189. The Kier molecular flexibility index (Phi) is 4.51. The number of benzene rings is 1. The summed E-state index contributed by atoms with van der Waals surface area (Å²) < 4.78 is 52.6.